The first-order chi connectivity index (χ1) is 14.8. The molecule has 2 heterocycles. The van der Waals surface area contributed by atoms with Gasteiger partial charge in [-0.1, -0.05) is 12.1 Å². The Bertz CT molecular complexity index is 878. The molecule has 3 rings (SSSR count). The highest BCUT2D eigenvalue weighted by Gasteiger charge is 2.28. The standard InChI is InChI=1S/C23H28ClFN2O4/c1-16-5-10-21(31-16)14-26(12-18-6-8-19(25)9-7-18)22(28)15-27(23(29)17(2)24)13-20-4-3-11-30-20/h5-10,17,20H,3-4,11-15H2,1-2H3. The number of hydrogen-bond acceptors (Lipinski definition) is 4. The van der Waals surface area contributed by atoms with Crippen LogP contribution < -0.4 is 0 Å². The molecule has 2 aromatic rings. The van der Waals surface area contributed by atoms with Gasteiger partial charge < -0.3 is 19.0 Å². The fourth-order valence-electron chi connectivity index (χ4n) is 3.58. The van der Waals surface area contributed by atoms with Gasteiger partial charge in [-0.3, -0.25) is 9.59 Å². The van der Waals surface area contributed by atoms with E-state index in [0.29, 0.717) is 18.9 Å². The van der Waals surface area contributed by atoms with E-state index in [0.717, 1.165) is 24.2 Å². The van der Waals surface area contributed by atoms with Crippen LogP contribution in [-0.4, -0.2) is 52.8 Å². The van der Waals surface area contributed by atoms with Crippen LogP contribution in [0.1, 0.15) is 36.8 Å². The third kappa shape index (κ3) is 6.80. The number of aryl methyl sites for hydroxylation is 1. The molecular formula is C23H28ClFN2O4. The predicted molar refractivity (Wildman–Crippen MR) is 115 cm³/mol. The molecule has 0 aliphatic carbocycles. The number of ether oxygens (including phenoxy) is 1. The third-order valence-electron chi connectivity index (χ3n) is 5.21. The van der Waals surface area contributed by atoms with E-state index >= 15 is 0 Å². The first-order valence-corrected chi connectivity index (χ1v) is 10.9. The first kappa shape index (κ1) is 23.3. The second kappa shape index (κ2) is 10.8. The maximum atomic E-state index is 13.3. The zero-order valence-corrected chi connectivity index (χ0v) is 18.6. The Balaban J connectivity index is 1.76. The SMILES string of the molecule is Cc1ccc(CN(Cc2ccc(F)cc2)C(=O)CN(CC2CCCO2)C(=O)C(C)Cl)o1. The highest BCUT2D eigenvalue weighted by molar-refractivity contribution is 6.30. The van der Waals surface area contributed by atoms with E-state index < -0.39 is 5.38 Å². The van der Waals surface area contributed by atoms with Crippen molar-refractivity contribution in [2.75, 3.05) is 19.7 Å². The van der Waals surface area contributed by atoms with E-state index in [4.69, 9.17) is 20.8 Å². The van der Waals surface area contributed by atoms with Crippen molar-refractivity contribution < 1.29 is 23.1 Å². The summed E-state index contributed by atoms with van der Waals surface area (Å²) in [5.74, 6) is 0.488. The Hall–Kier alpha value is -2.38. The maximum absolute atomic E-state index is 13.3. The van der Waals surface area contributed by atoms with Crippen molar-refractivity contribution in [3.63, 3.8) is 0 Å². The van der Waals surface area contributed by atoms with Gasteiger partial charge in [0.2, 0.25) is 11.8 Å². The van der Waals surface area contributed by atoms with Crippen LogP contribution >= 0.6 is 11.6 Å². The van der Waals surface area contributed by atoms with Crippen LogP contribution in [0.25, 0.3) is 0 Å². The second-order valence-corrected chi connectivity index (χ2v) is 8.51. The van der Waals surface area contributed by atoms with Gasteiger partial charge in [-0.2, -0.15) is 0 Å². The van der Waals surface area contributed by atoms with Crippen LogP contribution in [0.15, 0.2) is 40.8 Å². The van der Waals surface area contributed by atoms with Gasteiger partial charge in [-0.25, -0.2) is 4.39 Å². The summed E-state index contributed by atoms with van der Waals surface area (Å²) in [6, 6.07) is 9.64. The molecule has 8 heteroatoms. The van der Waals surface area contributed by atoms with E-state index in [9.17, 15) is 14.0 Å². The van der Waals surface area contributed by atoms with E-state index in [2.05, 4.69) is 0 Å². The Morgan fingerprint density at radius 3 is 2.48 bits per heavy atom. The van der Waals surface area contributed by atoms with Gasteiger partial charge in [0.15, 0.2) is 0 Å². The number of furan rings is 1. The van der Waals surface area contributed by atoms with Gasteiger partial charge in [0.25, 0.3) is 0 Å². The number of amides is 2. The number of carbonyl (C=O) groups is 2. The molecule has 168 valence electrons. The summed E-state index contributed by atoms with van der Waals surface area (Å²) in [6.45, 7) is 4.80. The van der Waals surface area contributed by atoms with Crippen LogP contribution in [0.3, 0.4) is 0 Å². The molecule has 0 bridgehead atoms. The zero-order valence-electron chi connectivity index (χ0n) is 17.9. The first-order valence-electron chi connectivity index (χ1n) is 10.4. The predicted octanol–water partition coefficient (Wildman–Crippen LogP) is 3.89. The van der Waals surface area contributed by atoms with E-state index in [-0.39, 0.29) is 43.4 Å². The second-order valence-electron chi connectivity index (χ2n) is 7.86. The lowest BCUT2D eigenvalue weighted by Crippen LogP contribution is -2.47. The molecule has 1 aromatic heterocycles. The van der Waals surface area contributed by atoms with Crippen molar-refractivity contribution in [2.45, 2.75) is 51.3 Å². The van der Waals surface area contributed by atoms with Crippen LogP contribution in [-0.2, 0) is 27.4 Å². The Morgan fingerprint density at radius 2 is 1.90 bits per heavy atom. The van der Waals surface area contributed by atoms with Crippen molar-refractivity contribution >= 4 is 23.4 Å². The average Bonchev–Trinajstić information content (AvgIpc) is 3.39. The topological polar surface area (TPSA) is 63.0 Å². The molecule has 1 aliphatic heterocycles. The molecule has 0 N–H and O–H groups in total. The number of rotatable bonds is 9. The molecular weight excluding hydrogens is 423 g/mol. The maximum Gasteiger partial charge on any atom is 0.242 e. The molecule has 1 fully saturated rings. The molecule has 31 heavy (non-hydrogen) atoms. The summed E-state index contributed by atoms with van der Waals surface area (Å²) in [4.78, 5) is 29.0. The van der Waals surface area contributed by atoms with Crippen molar-refractivity contribution in [1.29, 1.82) is 0 Å². The smallest absolute Gasteiger partial charge is 0.242 e. The summed E-state index contributed by atoms with van der Waals surface area (Å²) < 4.78 is 24.6. The Kier molecular flexibility index (Phi) is 8.09. The van der Waals surface area contributed by atoms with Gasteiger partial charge in [0, 0.05) is 19.7 Å². The molecule has 0 radical (unpaired) electrons. The lowest BCUT2D eigenvalue weighted by Gasteiger charge is -2.29. The number of alkyl halides is 1. The third-order valence-corrected chi connectivity index (χ3v) is 5.39. The lowest BCUT2D eigenvalue weighted by atomic mass is 10.2. The number of carbonyl (C=O) groups excluding carboxylic acids is 2. The molecule has 1 saturated heterocycles. The number of benzene rings is 1. The van der Waals surface area contributed by atoms with Crippen molar-refractivity contribution in [3.8, 4) is 0 Å². The average molecular weight is 451 g/mol. The molecule has 0 saturated carbocycles. The highest BCUT2D eigenvalue weighted by Crippen LogP contribution is 2.17. The number of hydrogen-bond donors (Lipinski definition) is 0. The van der Waals surface area contributed by atoms with Crippen LogP contribution in [0.2, 0.25) is 0 Å². The van der Waals surface area contributed by atoms with Crippen LogP contribution in [0.5, 0.6) is 0 Å². The van der Waals surface area contributed by atoms with Crippen LogP contribution in [0.4, 0.5) is 4.39 Å². The molecule has 2 atom stereocenters. The molecule has 2 amide bonds. The minimum absolute atomic E-state index is 0.0922. The van der Waals surface area contributed by atoms with E-state index in [1.807, 2.05) is 19.1 Å². The Labute approximate surface area is 186 Å². The van der Waals surface area contributed by atoms with Crippen molar-refractivity contribution in [1.82, 2.24) is 9.80 Å². The molecule has 2 unspecified atom stereocenters. The normalized spacial score (nSPS) is 16.8. The summed E-state index contributed by atoms with van der Waals surface area (Å²) in [5, 5.41) is -0.743. The largest absolute Gasteiger partial charge is 0.464 e. The molecule has 1 aromatic carbocycles. The minimum atomic E-state index is -0.743. The fraction of sp³-hybridized carbons (Fsp3) is 0.478. The van der Waals surface area contributed by atoms with Gasteiger partial charge in [-0.05, 0) is 56.5 Å². The van der Waals surface area contributed by atoms with Crippen molar-refractivity contribution in [2.24, 2.45) is 0 Å². The monoisotopic (exact) mass is 450 g/mol. The molecule has 6 nitrogen and oxygen atoms in total. The summed E-state index contributed by atoms with van der Waals surface area (Å²) in [6.07, 6.45) is 1.69. The van der Waals surface area contributed by atoms with E-state index in [1.165, 1.54) is 17.0 Å². The van der Waals surface area contributed by atoms with Gasteiger partial charge in [0.1, 0.15) is 22.7 Å². The van der Waals surface area contributed by atoms with Gasteiger partial charge in [-0.15, -0.1) is 11.6 Å². The van der Waals surface area contributed by atoms with E-state index in [1.54, 1.807) is 24.0 Å². The molecule has 1 aliphatic rings. The highest BCUT2D eigenvalue weighted by atomic mass is 35.5. The van der Waals surface area contributed by atoms with Gasteiger partial charge in [0.05, 0.1) is 19.2 Å². The summed E-state index contributed by atoms with van der Waals surface area (Å²) >= 11 is 6.04. The van der Waals surface area contributed by atoms with Crippen molar-refractivity contribution in [3.05, 3.63) is 59.3 Å². The van der Waals surface area contributed by atoms with Crippen LogP contribution in [0, 0.1) is 12.7 Å². The minimum Gasteiger partial charge on any atom is -0.464 e. The fourth-order valence-corrected chi connectivity index (χ4v) is 3.72. The summed E-state index contributed by atoms with van der Waals surface area (Å²) in [5.41, 5.74) is 0.778. The van der Waals surface area contributed by atoms with Gasteiger partial charge >= 0.3 is 0 Å². The summed E-state index contributed by atoms with van der Waals surface area (Å²) in [7, 11) is 0. The lowest BCUT2D eigenvalue weighted by molar-refractivity contribution is -0.142. The Morgan fingerprint density at radius 1 is 1.16 bits per heavy atom. The number of halogens is 2. The zero-order chi connectivity index (χ0) is 22.4. The quantitative estimate of drug-likeness (QED) is 0.544. The number of nitrogens with zero attached hydrogens (tertiary/aromatic N) is 2. The molecule has 0 spiro atoms.